The molecular weight excluding hydrogens is 378 g/mol. The summed E-state index contributed by atoms with van der Waals surface area (Å²) in [7, 11) is 0. The van der Waals surface area contributed by atoms with Crippen LogP contribution in [0.25, 0.3) is 16.9 Å². The van der Waals surface area contributed by atoms with Gasteiger partial charge in [-0.25, -0.2) is 4.68 Å². The molecule has 0 bridgehead atoms. The predicted molar refractivity (Wildman–Crippen MR) is 120 cm³/mol. The maximum atomic E-state index is 6.42. The zero-order valence-corrected chi connectivity index (χ0v) is 17.4. The normalized spacial score (nSPS) is 12.1. The van der Waals surface area contributed by atoms with Crippen LogP contribution in [0.4, 0.5) is 0 Å². The molecule has 0 saturated carbocycles. The van der Waals surface area contributed by atoms with Gasteiger partial charge in [0, 0.05) is 29.9 Å². The van der Waals surface area contributed by atoms with Gasteiger partial charge in [-0.2, -0.15) is 5.10 Å². The molecule has 4 aromatic rings. The minimum absolute atomic E-state index is 0.241. The summed E-state index contributed by atoms with van der Waals surface area (Å²) in [5.74, 6) is 0. The summed E-state index contributed by atoms with van der Waals surface area (Å²) in [5, 5.41) is 9.20. The van der Waals surface area contributed by atoms with Crippen LogP contribution in [0.5, 0.6) is 0 Å². The van der Waals surface area contributed by atoms with Crippen LogP contribution in [0.3, 0.4) is 0 Å². The monoisotopic (exact) mass is 401 g/mol. The Morgan fingerprint density at radius 2 is 1.62 bits per heavy atom. The molecule has 3 nitrogen and oxygen atoms in total. The first kappa shape index (κ1) is 19.4. The van der Waals surface area contributed by atoms with Crippen molar-refractivity contribution >= 4 is 11.6 Å². The molecule has 0 saturated heterocycles. The van der Waals surface area contributed by atoms with Crippen LogP contribution in [0.1, 0.15) is 29.7 Å². The second kappa shape index (κ2) is 8.64. The molecule has 1 atom stereocenters. The standard InChI is InChI=1S/C25H24ClN3/c1-18-12-14-21(15-13-18)25-22(16-27-19(2)20-8-4-3-5-9-20)17-29(28-25)24-11-7-6-10-23(24)26/h3-15,17,19,27H,16H2,1-2H3. The lowest BCUT2D eigenvalue weighted by Crippen LogP contribution is -2.18. The van der Waals surface area contributed by atoms with Gasteiger partial charge in [-0.15, -0.1) is 0 Å². The smallest absolute Gasteiger partial charge is 0.0972 e. The van der Waals surface area contributed by atoms with E-state index in [1.165, 1.54) is 11.1 Å². The lowest BCUT2D eigenvalue weighted by atomic mass is 10.1. The average Bonchev–Trinajstić information content (AvgIpc) is 3.17. The fourth-order valence-electron chi connectivity index (χ4n) is 3.38. The summed E-state index contributed by atoms with van der Waals surface area (Å²) < 4.78 is 1.88. The van der Waals surface area contributed by atoms with E-state index >= 15 is 0 Å². The largest absolute Gasteiger partial charge is 0.306 e. The van der Waals surface area contributed by atoms with Crippen LogP contribution in [0.15, 0.2) is 85.1 Å². The Labute approximate surface area is 177 Å². The molecule has 1 unspecified atom stereocenters. The van der Waals surface area contributed by atoms with Crippen LogP contribution >= 0.6 is 11.6 Å². The van der Waals surface area contributed by atoms with Crippen molar-refractivity contribution in [1.82, 2.24) is 15.1 Å². The molecule has 0 aliphatic rings. The van der Waals surface area contributed by atoms with Crippen molar-refractivity contribution in [1.29, 1.82) is 0 Å². The molecule has 4 rings (SSSR count). The first-order valence-electron chi connectivity index (χ1n) is 9.80. The number of aryl methyl sites for hydroxylation is 1. The maximum absolute atomic E-state index is 6.42. The van der Waals surface area contributed by atoms with Gasteiger partial charge < -0.3 is 5.32 Å². The quantitative estimate of drug-likeness (QED) is 0.407. The van der Waals surface area contributed by atoms with Crippen molar-refractivity contribution in [3.05, 3.63) is 107 Å². The van der Waals surface area contributed by atoms with Crippen LogP contribution < -0.4 is 5.32 Å². The molecule has 0 aliphatic heterocycles. The van der Waals surface area contributed by atoms with E-state index in [0.717, 1.165) is 22.5 Å². The van der Waals surface area contributed by atoms with Crippen molar-refractivity contribution in [2.24, 2.45) is 0 Å². The van der Waals surface area contributed by atoms with E-state index in [9.17, 15) is 0 Å². The van der Waals surface area contributed by atoms with E-state index in [1.807, 2.05) is 35.0 Å². The van der Waals surface area contributed by atoms with Crippen LogP contribution in [0.2, 0.25) is 5.02 Å². The summed E-state index contributed by atoms with van der Waals surface area (Å²) >= 11 is 6.42. The zero-order chi connectivity index (χ0) is 20.2. The van der Waals surface area contributed by atoms with Crippen molar-refractivity contribution < 1.29 is 0 Å². The summed E-state index contributed by atoms with van der Waals surface area (Å²) in [5.41, 5.74) is 6.59. The summed E-state index contributed by atoms with van der Waals surface area (Å²) in [4.78, 5) is 0. The molecule has 0 fully saturated rings. The number of para-hydroxylation sites is 1. The van der Waals surface area contributed by atoms with Crippen LogP contribution in [0, 0.1) is 6.92 Å². The highest BCUT2D eigenvalue weighted by molar-refractivity contribution is 6.32. The predicted octanol–water partition coefficient (Wildman–Crippen LogP) is 6.35. The Balaban J connectivity index is 1.67. The van der Waals surface area contributed by atoms with E-state index in [1.54, 1.807) is 0 Å². The van der Waals surface area contributed by atoms with Gasteiger partial charge in [-0.05, 0) is 31.5 Å². The minimum Gasteiger partial charge on any atom is -0.306 e. The van der Waals surface area contributed by atoms with E-state index in [4.69, 9.17) is 16.7 Å². The highest BCUT2D eigenvalue weighted by atomic mass is 35.5. The molecular formula is C25H24ClN3. The minimum atomic E-state index is 0.241. The number of hydrogen-bond donors (Lipinski definition) is 1. The third-order valence-corrected chi connectivity index (χ3v) is 5.43. The molecule has 29 heavy (non-hydrogen) atoms. The van der Waals surface area contributed by atoms with Gasteiger partial charge in [-0.3, -0.25) is 0 Å². The van der Waals surface area contributed by atoms with Crippen molar-refractivity contribution in [3.63, 3.8) is 0 Å². The van der Waals surface area contributed by atoms with Crippen molar-refractivity contribution in [2.45, 2.75) is 26.4 Å². The lowest BCUT2D eigenvalue weighted by Gasteiger charge is -2.14. The Bertz CT molecular complexity index is 1080. The number of rotatable bonds is 6. The zero-order valence-electron chi connectivity index (χ0n) is 16.6. The second-order valence-corrected chi connectivity index (χ2v) is 7.69. The Morgan fingerprint density at radius 3 is 2.34 bits per heavy atom. The van der Waals surface area contributed by atoms with Gasteiger partial charge in [0.05, 0.1) is 16.4 Å². The number of nitrogens with one attached hydrogen (secondary N) is 1. The van der Waals surface area contributed by atoms with Gasteiger partial charge in [0.1, 0.15) is 0 Å². The fraction of sp³-hybridized carbons (Fsp3) is 0.160. The fourth-order valence-corrected chi connectivity index (χ4v) is 3.60. The first-order valence-corrected chi connectivity index (χ1v) is 10.2. The molecule has 0 amide bonds. The molecule has 3 aromatic carbocycles. The van der Waals surface area contributed by atoms with Gasteiger partial charge in [0.25, 0.3) is 0 Å². The average molecular weight is 402 g/mol. The maximum Gasteiger partial charge on any atom is 0.0972 e. The number of nitrogens with zero attached hydrogens (tertiary/aromatic N) is 2. The van der Waals surface area contributed by atoms with Gasteiger partial charge in [0.2, 0.25) is 0 Å². The van der Waals surface area contributed by atoms with E-state index in [0.29, 0.717) is 11.6 Å². The van der Waals surface area contributed by atoms with E-state index < -0.39 is 0 Å². The van der Waals surface area contributed by atoms with Gasteiger partial charge in [0.15, 0.2) is 0 Å². The number of aromatic nitrogens is 2. The molecule has 0 spiro atoms. The lowest BCUT2D eigenvalue weighted by molar-refractivity contribution is 0.575. The third kappa shape index (κ3) is 4.42. The van der Waals surface area contributed by atoms with E-state index in [2.05, 4.69) is 73.9 Å². The Kier molecular flexibility index (Phi) is 5.79. The molecule has 0 radical (unpaired) electrons. The molecule has 1 N–H and O–H groups in total. The number of hydrogen-bond acceptors (Lipinski definition) is 2. The summed E-state index contributed by atoms with van der Waals surface area (Å²) in [6, 6.07) is 27.0. The molecule has 4 heteroatoms. The molecule has 1 aromatic heterocycles. The highest BCUT2D eigenvalue weighted by Gasteiger charge is 2.15. The molecule has 0 aliphatic carbocycles. The SMILES string of the molecule is Cc1ccc(-c2nn(-c3ccccc3Cl)cc2CNC(C)c2ccccc2)cc1. The Morgan fingerprint density at radius 1 is 0.931 bits per heavy atom. The van der Waals surface area contributed by atoms with Crippen molar-refractivity contribution in [3.8, 4) is 16.9 Å². The number of halogens is 1. The number of benzene rings is 3. The van der Waals surface area contributed by atoms with Crippen molar-refractivity contribution in [2.75, 3.05) is 0 Å². The van der Waals surface area contributed by atoms with E-state index in [-0.39, 0.29) is 6.04 Å². The summed E-state index contributed by atoms with van der Waals surface area (Å²) in [6.45, 7) is 4.99. The first-order chi connectivity index (χ1) is 14.1. The van der Waals surface area contributed by atoms with Gasteiger partial charge in [-0.1, -0.05) is 83.9 Å². The topological polar surface area (TPSA) is 29.9 Å². The Hall–Kier alpha value is -2.88. The second-order valence-electron chi connectivity index (χ2n) is 7.28. The molecule has 1 heterocycles. The molecule has 146 valence electrons. The third-order valence-electron chi connectivity index (χ3n) is 5.11. The summed E-state index contributed by atoms with van der Waals surface area (Å²) in [6.07, 6.45) is 2.07. The van der Waals surface area contributed by atoms with Crippen LogP contribution in [-0.4, -0.2) is 9.78 Å². The van der Waals surface area contributed by atoms with Gasteiger partial charge >= 0.3 is 0 Å². The van der Waals surface area contributed by atoms with Crippen LogP contribution in [-0.2, 0) is 6.54 Å². The highest BCUT2D eigenvalue weighted by Crippen LogP contribution is 2.27.